The summed E-state index contributed by atoms with van der Waals surface area (Å²) < 4.78 is 0. The highest BCUT2D eigenvalue weighted by atomic mass is 16.4. The van der Waals surface area contributed by atoms with E-state index in [1.807, 2.05) is 30.3 Å². The van der Waals surface area contributed by atoms with Crippen molar-refractivity contribution in [2.45, 2.75) is 19.9 Å². The van der Waals surface area contributed by atoms with Gasteiger partial charge in [-0.3, -0.25) is 0 Å². The molecule has 0 amide bonds. The van der Waals surface area contributed by atoms with E-state index in [2.05, 4.69) is 31.0 Å². The number of hydrogen-bond acceptors (Lipinski definition) is 4. The number of carboxylic acid groups (broad SMARTS) is 1. The predicted octanol–water partition coefficient (Wildman–Crippen LogP) is 4.32. The van der Waals surface area contributed by atoms with Crippen molar-refractivity contribution >= 4 is 33.7 Å². The van der Waals surface area contributed by atoms with E-state index in [1.54, 1.807) is 18.2 Å². The van der Waals surface area contributed by atoms with Gasteiger partial charge in [-0.15, -0.1) is 0 Å². The first-order valence-corrected chi connectivity index (χ1v) is 8.79. The predicted molar refractivity (Wildman–Crippen MR) is 107 cm³/mol. The van der Waals surface area contributed by atoms with Gasteiger partial charge in [-0.05, 0) is 49.6 Å². The van der Waals surface area contributed by atoms with Gasteiger partial charge in [-0.2, -0.15) is 0 Å². The summed E-state index contributed by atoms with van der Waals surface area (Å²) in [6.07, 6.45) is 1.91. The van der Waals surface area contributed by atoms with Gasteiger partial charge in [0.1, 0.15) is 5.69 Å². The number of carboxylic acids is 1. The lowest BCUT2D eigenvalue weighted by Crippen LogP contribution is -2.27. The lowest BCUT2D eigenvalue weighted by Gasteiger charge is -2.25. The summed E-state index contributed by atoms with van der Waals surface area (Å²) >= 11 is 0. The van der Waals surface area contributed by atoms with Crippen molar-refractivity contribution in [2.24, 2.45) is 0 Å². The summed E-state index contributed by atoms with van der Waals surface area (Å²) in [7, 11) is 1.97. The van der Waals surface area contributed by atoms with E-state index in [0.29, 0.717) is 11.0 Å². The van der Waals surface area contributed by atoms with Crippen molar-refractivity contribution in [3.05, 3.63) is 54.2 Å². The van der Waals surface area contributed by atoms with Crippen LogP contribution >= 0.6 is 0 Å². The standard InChI is InChI=1S/C21H20N4O2/c1-12(2)25(3)20-19(14-5-4-13-8-9-22-17(13)10-14)23-16-7-6-15(21(26)27)11-18(16)24-20/h4-12,22H,1-3H3,(H,26,27). The molecule has 0 radical (unpaired) electrons. The summed E-state index contributed by atoms with van der Waals surface area (Å²) in [5, 5.41) is 10.4. The van der Waals surface area contributed by atoms with Crippen LogP contribution in [0.5, 0.6) is 0 Å². The van der Waals surface area contributed by atoms with Crippen LogP contribution < -0.4 is 4.90 Å². The Bertz CT molecular complexity index is 1160. The average Bonchev–Trinajstić information content (AvgIpc) is 3.13. The molecule has 2 aromatic heterocycles. The Kier molecular flexibility index (Phi) is 4.03. The number of nitrogens with one attached hydrogen (secondary N) is 1. The van der Waals surface area contributed by atoms with E-state index in [0.717, 1.165) is 28.0 Å². The molecule has 4 rings (SSSR count). The fourth-order valence-corrected chi connectivity index (χ4v) is 3.06. The largest absolute Gasteiger partial charge is 0.478 e. The second-order valence-corrected chi connectivity index (χ2v) is 6.89. The maximum Gasteiger partial charge on any atom is 0.335 e. The van der Waals surface area contributed by atoms with Crippen LogP contribution in [0.25, 0.3) is 33.2 Å². The third-order valence-corrected chi connectivity index (χ3v) is 4.83. The summed E-state index contributed by atoms with van der Waals surface area (Å²) in [6, 6.07) is 13.2. The van der Waals surface area contributed by atoms with Gasteiger partial charge in [-0.1, -0.05) is 12.1 Å². The molecule has 0 unspecified atom stereocenters. The molecular weight excluding hydrogens is 340 g/mol. The Balaban J connectivity index is 1.97. The molecule has 27 heavy (non-hydrogen) atoms. The first kappa shape index (κ1) is 17.0. The minimum atomic E-state index is -0.973. The lowest BCUT2D eigenvalue weighted by molar-refractivity contribution is 0.0697. The first-order valence-electron chi connectivity index (χ1n) is 8.79. The highest BCUT2D eigenvalue weighted by Crippen LogP contribution is 2.32. The number of nitrogens with zero attached hydrogens (tertiary/aromatic N) is 3. The number of aromatic nitrogens is 3. The number of aromatic carboxylic acids is 1. The smallest absolute Gasteiger partial charge is 0.335 e. The second kappa shape index (κ2) is 6.39. The Labute approximate surface area is 156 Å². The molecule has 0 saturated heterocycles. The van der Waals surface area contributed by atoms with E-state index in [-0.39, 0.29) is 11.6 Å². The van der Waals surface area contributed by atoms with E-state index in [4.69, 9.17) is 9.97 Å². The molecule has 0 aliphatic rings. The topological polar surface area (TPSA) is 82.1 Å². The van der Waals surface area contributed by atoms with Crippen LogP contribution in [-0.2, 0) is 0 Å². The van der Waals surface area contributed by atoms with Crippen LogP contribution in [0.4, 0.5) is 5.82 Å². The summed E-state index contributed by atoms with van der Waals surface area (Å²) in [4.78, 5) is 26.2. The van der Waals surface area contributed by atoms with Gasteiger partial charge in [0, 0.05) is 30.4 Å². The fraction of sp³-hybridized carbons (Fsp3) is 0.190. The molecule has 0 fully saturated rings. The lowest BCUT2D eigenvalue weighted by atomic mass is 10.1. The average molecular weight is 360 g/mol. The van der Waals surface area contributed by atoms with E-state index >= 15 is 0 Å². The van der Waals surface area contributed by atoms with Crippen LogP contribution in [0.2, 0.25) is 0 Å². The van der Waals surface area contributed by atoms with E-state index in [9.17, 15) is 9.90 Å². The number of carbonyl (C=O) groups is 1. The molecule has 4 aromatic rings. The molecule has 0 spiro atoms. The Morgan fingerprint density at radius 1 is 1.07 bits per heavy atom. The Morgan fingerprint density at radius 3 is 2.63 bits per heavy atom. The minimum absolute atomic E-state index is 0.204. The van der Waals surface area contributed by atoms with Crippen molar-refractivity contribution in [2.75, 3.05) is 11.9 Å². The molecular formula is C21H20N4O2. The Hall–Kier alpha value is -3.41. The van der Waals surface area contributed by atoms with Crippen LogP contribution in [0.1, 0.15) is 24.2 Å². The minimum Gasteiger partial charge on any atom is -0.478 e. The van der Waals surface area contributed by atoms with Crippen LogP contribution in [0.3, 0.4) is 0 Å². The molecule has 0 bridgehead atoms. The highest BCUT2D eigenvalue weighted by molar-refractivity contribution is 5.94. The quantitative estimate of drug-likeness (QED) is 0.566. The number of hydrogen-bond donors (Lipinski definition) is 2. The van der Waals surface area contributed by atoms with Crippen molar-refractivity contribution < 1.29 is 9.90 Å². The van der Waals surface area contributed by atoms with Crippen LogP contribution in [0, 0.1) is 0 Å². The van der Waals surface area contributed by atoms with Crippen molar-refractivity contribution in [1.29, 1.82) is 0 Å². The third kappa shape index (κ3) is 2.99. The SMILES string of the molecule is CC(C)N(C)c1nc2cc(C(=O)O)ccc2nc1-c1ccc2cc[nH]c2c1. The number of H-pyrrole nitrogens is 1. The normalized spacial score (nSPS) is 11.4. The zero-order chi connectivity index (χ0) is 19.1. The molecule has 6 heteroatoms. The zero-order valence-electron chi connectivity index (χ0n) is 15.4. The number of anilines is 1. The van der Waals surface area contributed by atoms with Crippen molar-refractivity contribution in [3.8, 4) is 11.3 Å². The Morgan fingerprint density at radius 2 is 1.89 bits per heavy atom. The number of rotatable bonds is 4. The summed E-state index contributed by atoms with van der Waals surface area (Å²) in [5.74, 6) is -0.246. The molecule has 0 aliphatic carbocycles. The molecule has 0 atom stereocenters. The number of aromatic amines is 1. The van der Waals surface area contributed by atoms with E-state index < -0.39 is 5.97 Å². The summed E-state index contributed by atoms with van der Waals surface area (Å²) in [5.41, 5.74) is 4.22. The van der Waals surface area contributed by atoms with Crippen LogP contribution in [0.15, 0.2) is 48.7 Å². The van der Waals surface area contributed by atoms with Crippen molar-refractivity contribution in [3.63, 3.8) is 0 Å². The van der Waals surface area contributed by atoms with Crippen molar-refractivity contribution in [1.82, 2.24) is 15.0 Å². The molecule has 2 aromatic carbocycles. The zero-order valence-corrected chi connectivity index (χ0v) is 15.4. The van der Waals surface area contributed by atoms with Gasteiger partial charge in [0.2, 0.25) is 0 Å². The van der Waals surface area contributed by atoms with Gasteiger partial charge in [0.15, 0.2) is 5.82 Å². The number of fused-ring (bicyclic) bond motifs is 2. The van der Waals surface area contributed by atoms with Gasteiger partial charge in [0.25, 0.3) is 0 Å². The van der Waals surface area contributed by atoms with Crippen LogP contribution in [-0.4, -0.2) is 39.1 Å². The molecule has 0 aliphatic heterocycles. The highest BCUT2D eigenvalue weighted by Gasteiger charge is 2.18. The third-order valence-electron chi connectivity index (χ3n) is 4.83. The molecule has 6 nitrogen and oxygen atoms in total. The monoisotopic (exact) mass is 360 g/mol. The van der Waals surface area contributed by atoms with Gasteiger partial charge in [0.05, 0.1) is 16.6 Å². The van der Waals surface area contributed by atoms with Gasteiger partial charge < -0.3 is 15.0 Å². The van der Waals surface area contributed by atoms with Gasteiger partial charge in [-0.25, -0.2) is 14.8 Å². The fourth-order valence-electron chi connectivity index (χ4n) is 3.06. The summed E-state index contributed by atoms with van der Waals surface area (Å²) in [6.45, 7) is 4.16. The first-order chi connectivity index (χ1) is 12.9. The second-order valence-electron chi connectivity index (χ2n) is 6.89. The maximum atomic E-state index is 11.3. The molecule has 136 valence electrons. The molecule has 2 heterocycles. The van der Waals surface area contributed by atoms with Gasteiger partial charge >= 0.3 is 5.97 Å². The molecule has 2 N–H and O–H groups in total. The molecule has 0 saturated carbocycles. The maximum absolute atomic E-state index is 11.3. The van der Waals surface area contributed by atoms with E-state index in [1.165, 1.54) is 0 Å². The number of benzene rings is 2.